The number of hydrogen-bond acceptors (Lipinski definition) is 4. The highest BCUT2D eigenvalue weighted by Crippen LogP contribution is 2.44. The van der Waals surface area contributed by atoms with E-state index in [-0.39, 0.29) is 21.1 Å². The lowest BCUT2D eigenvalue weighted by Gasteiger charge is -2.26. The normalized spacial score (nSPS) is 12.9. The number of methoxy groups -OCH3 is 1. The first kappa shape index (κ1) is 20.1. The second kappa shape index (κ2) is 7.75. The smallest absolute Gasteiger partial charge is 0.222 e. The van der Waals surface area contributed by atoms with Crippen LogP contribution in [0.3, 0.4) is 0 Å². The topological polar surface area (TPSA) is 68.5 Å². The zero-order chi connectivity index (χ0) is 20.5. The van der Waals surface area contributed by atoms with Crippen LogP contribution in [-0.2, 0) is 4.79 Å². The molecule has 6 nitrogen and oxygen atoms in total. The lowest BCUT2D eigenvalue weighted by Crippen LogP contribution is -2.12. The van der Waals surface area contributed by atoms with Crippen molar-refractivity contribution in [3.63, 3.8) is 0 Å². The molecule has 3 aromatic heterocycles. The van der Waals surface area contributed by atoms with Gasteiger partial charge in [-0.05, 0) is 19.1 Å². The SMILES string of the molecule is C/C=S(/c1cn2c(-c3ccc(NC(C)=O)nc3)cnc2cc1OC)C(C)(C)C. The number of fused-ring (bicyclic) bond motifs is 1. The molecule has 0 bridgehead atoms. The third-order valence-electron chi connectivity index (χ3n) is 4.29. The van der Waals surface area contributed by atoms with Crippen LogP contribution in [0.15, 0.2) is 41.7 Å². The van der Waals surface area contributed by atoms with Crippen molar-refractivity contribution >= 4 is 33.2 Å². The molecular weight excluding hydrogens is 372 g/mol. The number of carbonyl (C=O) groups is 1. The molecule has 0 aromatic carbocycles. The van der Waals surface area contributed by atoms with Crippen LogP contribution in [-0.4, -0.2) is 37.5 Å². The summed E-state index contributed by atoms with van der Waals surface area (Å²) in [5.74, 6) is 1.24. The van der Waals surface area contributed by atoms with Crippen molar-refractivity contribution in [3.05, 3.63) is 36.8 Å². The quantitative estimate of drug-likeness (QED) is 0.652. The lowest BCUT2D eigenvalue weighted by molar-refractivity contribution is -0.114. The molecule has 7 heteroatoms. The highest BCUT2D eigenvalue weighted by Gasteiger charge is 2.21. The summed E-state index contributed by atoms with van der Waals surface area (Å²) in [5.41, 5.74) is 2.68. The minimum atomic E-state index is -0.142. The molecule has 3 heterocycles. The van der Waals surface area contributed by atoms with Gasteiger partial charge in [0.1, 0.15) is 17.2 Å². The number of rotatable bonds is 4. The summed E-state index contributed by atoms with van der Waals surface area (Å²) in [6.07, 6.45) is 5.69. The van der Waals surface area contributed by atoms with Crippen molar-refractivity contribution in [2.45, 2.75) is 44.3 Å². The van der Waals surface area contributed by atoms with E-state index in [1.54, 1.807) is 19.4 Å². The van der Waals surface area contributed by atoms with Gasteiger partial charge in [-0.15, -0.1) is 10.5 Å². The Balaban J connectivity index is 2.13. The van der Waals surface area contributed by atoms with Crippen LogP contribution in [0.5, 0.6) is 5.75 Å². The number of aromatic nitrogens is 3. The molecule has 0 radical (unpaired) electrons. The molecular formula is C21H26N4O2S. The molecule has 0 spiro atoms. The van der Waals surface area contributed by atoms with Gasteiger partial charge in [-0.3, -0.25) is 9.20 Å². The van der Waals surface area contributed by atoms with Crippen LogP contribution < -0.4 is 10.1 Å². The summed E-state index contributed by atoms with van der Waals surface area (Å²) in [5, 5.41) is 4.93. The second-order valence-electron chi connectivity index (χ2n) is 7.38. The van der Waals surface area contributed by atoms with Gasteiger partial charge in [-0.1, -0.05) is 26.1 Å². The third kappa shape index (κ3) is 3.94. The number of pyridine rings is 2. The Morgan fingerprint density at radius 3 is 2.54 bits per heavy atom. The van der Waals surface area contributed by atoms with Gasteiger partial charge in [-0.2, -0.15) is 0 Å². The first-order chi connectivity index (χ1) is 13.2. The van der Waals surface area contributed by atoms with Gasteiger partial charge in [0.25, 0.3) is 0 Å². The minimum absolute atomic E-state index is 0.0814. The maximum Gasteiger partial charge on any atom is 0.222 e. The summed E-state index contributed by atoms with van der Waals surface area (Å²) in [6.45, 7) is 10.3. The monoisotopic (exact) mass is 398 g/mol. The molecule has 0 aliphatic rings. The van der Waals surface area contributed by atoms with Crippen molar-refractivity contribution in [1.29, 1.82) is 0 Å². The van der Waals surface area contributed by atoms with E-state index in [9.17, 15) is 4.79 Å². The largest absolute Gasteiger partial charge is 0.495 e. The zero-order valence-corrected chi connectivity index (χ0v) is 17.9. The maximum absolute atomic E-state index is 11.2. The van der Waals surface area contributed by atoms with Crippen molar-refractivity contribution in [3.8, 4) is 17.0 Å². The Hall–Kier alpha value is -2.67. The van der Waals surface area contributed by atoms with Gasteiger partial charge in [0.05, 0.1) is 23.9 Å². The van der Waals surface area contributed by atoms with Gasteiger partial charge in [0, 0.05) is 35.7 Å². The highest BCUT2D eigenvalue weighted by atomic mass is 32.2. The molecule has 1 atom stereocenters. The minimum Gasteiger partial charge on any atom is -0.495 e. The van der Waals surface area contributed by atoms with E-state index in [0.29, 0.717) is 5.82 Å². The molecule has 148 valence electrons. The van der Waals surface area contributed by atoms with E-state index in [2.05, 4.69) is 58.9 Å². The Morgan fingerprint density at radius 1 is 1.25 bits per heavy atom. The molecule has 3 aromatic rings. The van der Waals surface area contributed by atoms with Crippen LogP contribution in [0.1, 0.15) is 34.6 Å². The number of nitrogens with zero attached hydrogens (tertiary/aromatic N) is 3. The Labute approximate surface area is 167 Å². The molecule has 0 aliphatic heterocycles. The number of amides is 1. The number of anilines is 1. The molecule has 1 unspecified atom stereocenters. The van der Waals surface area contributed by atoms with Crippen LogP contribution in [0.25, 0.3) is 16.9 Å². The first-order valence-corrected chi connectivity index (χ1v) is 10.3. The summed E-state index contributed by atoms with van der Waals surface area (Å²) < 4.78 is 7.83. The fourth-order valence-electron chi connectivity index (χ4n) is 3.14. The highest BCUT2D eigenvalue weighted by molar-refractivity contribution is 8.16. The first-order valence-electron chi connectivity index (χ1n) is 9.06. The van der Waals surface area contributed by atoms with Crippen LogP contribution >= 0.6 is 10.5 Å². The molecule has 3 rings (SSSR count). The van der Waals surface area contributed by atoms with E-state index in [1.165, 1.54) is 6.92 Å². The number of nitrogens with one attached hydrogen (secondary N) is 1. The molecule has 28 heavy (non-hydrogen) atoms. The number of carbonyl (C=O) groups excluding carboxylic acids is 1. The average molecular weight is 399 g/mol. The number of ether oxygens (including phenoxy) is 1. The zero-order valence-electron chi connectivity index (χ0n) is 17.1. The van der Waals surface area contributed by atoms with Gasteiger partial charge in [0.15, 0.2) is 0 Å². The van der Waals surface area contributed by atoms with Gasteiger partial charge >= 0.3 is 0 Å². The van der Waals surface area contributed by atoms with Crippen LogP contribution in [0, 0.1) is 0 Å². The average Bonchev–Trinajstić information content (AvgIpc) is 3.03. The summed E-state index contributed by atoms with van der Waals surface area (Å²) in [4.78, 5) is 21.2. The Morgan fingerprint density at radius 2 is 2.00 bits per heavy atom. The van der Waals surface area contributed by atoms with Crippen molar-refractivity contribution in [2.75, 3.05) is 12.4 Å². The number of hydrogen-bond donors (Lipinski definition) is 1. The fraction of sp³-hybridized carbons (Fsp3) is 0.333. The Bertz CT molecular complexity index is 1050. The number of imidazole rings is 1. The Kier molecular flexibility index (Phi) is 5.56. The second-order valence-corrected chi connectivity index (χ2v) is 10.2. The predicted molar refractivity (Wildman–Crippen MR) is 117 cm³/mol. The van der Waals surface area contributed by atoms with Crippen molar-refractivity contribution in [2.24, 2.45) is 0 Å². The van der Waals surface area contributed by atoms with Crippen molar-refractivity contribution < 1.29 is 9.53 Å². The molecule has 0 saturated heterocycles. The van der Waals surface area contributed by atoms with E-state index < -0.39 is 0 Å². The van der Waals surface area contributed by atoms with Crippen LogP contribution in [0.4, 0.5) is 5.82 Å². The fourth-order valence-corrected chi connectivity index (χ4v) is 5.33. The van der Waals surface area contributed by atoms with E-state index in [4.69, 9.17) is 4.74 Å². The summed E-state index contributed by atoms with van der Waals surface area (Å²) in [6, 6.07) is 5.70. The summed E-state index contributed by atoms with van der Waals surface area (Å²) >= 11 is 0. The molecule has 1 amide bonds. The van der Waals surface area contributed by atoms with Crippen LogP contribution in [0.2, 0.25) is 0 Å². The maximum atomic E-state index is 11.2. The van der Waals surface area contributed by atoms with Gasteiger partial charge in [0.2, 0.25) is 5.91 Å². The van der Waals surface area contributed by atoms with Gasteiger partial charge in [-0.25, -0.2) is 9.97 Å². The molecule has 0 fully saturated rings. The third-order valence-corrected chi connectivity index (χ3v) is 6.86. The standard InChI is InChI=1S/C21H26N4O2S/c1-7-28(21(3,4)5)18-13-25-16(12-23-20(25)10-17(18)27-6)15-8-9-19(22-11-15)24-14(2)26/h7-13H,1-6H3,(H,22,24,26). The predicted octanol–water partition coefficient (Wildman–Crippen LogP) is 4.61. The van der Waals surface area contributed by atoms with Crippen molar-refractivity contribution in [1.82, 2.24) is 14.4 Å². The van der Waals surface area contributed by atoms with E-state index >= 15 is 0 Å². The summed E-state index contributed by atoms with van der Waals surface area (Å²) in [7, 11) is 1.60. The van der Waals surface area contributed by atoms with E-state index in [0.717, 1.165) is 27.5 Å². The molecule has 1 N–H and O–H groups in total. The molecule has 0 aliphatic carbocycles. The lowest BCUT2D eigenvalue weighted by atomic mass is 10.2. The van der Waals surface area contributed by atoms with Gasteiger partial charge < -0.3 is 10.1 Å². The van der Waals surface area contributed by atoms with E-state index in [1.807, 2.05) is 18.3 Å². The molecule has 0 saturated carbocycles.